The summed E-state index contributed by atoms with van der Waals surface area (Å²) in [4.78, 5) is 54.1. The lowest BCUT2D eigenvalue weighted by molar-refractivity contribution is -0.141. The molecule has 1 aliphatic rings. The quantitative estimate of drug-likeness (QED) is 0.273. The minimum atomic E-state index is -1.25. The van der Waals surface area contributed by atoms with Crippen molar-refractivity contribution in [3.8, 4) is 0 Å². The molecule has 0 saturated heterocycles. The summed E-state index contributed by atoms with van der Waals surface area (Å²) in [7, 11) is 1.59. The van der Waals surface area contributed by atoms with Gasteiger partial charge in [-0.3, -0.25) is 14.4 Å². The predicted octanol–water partition coefficient (Wildman–Crippen LogP) is 5.96. The van der Waals surface area contributed by atoms with Gasteiger partial charge in [-0.25, -0.2) is 4.79 Å². The van der Waals surface area contributed by atoms with Crippen LogP contribution in [-0.2, 0) is 24.3 Å². The Morgan fingerprint density at radius 2 is 1.73 bits per heavy atom. The highest BCUT2D eigenvalue weighted by atomic mass is 35.5. The van der Waals surface area contributed by atoms with Crippen molar-refractivity contribution in [3.63, 3.8) is 0 Å². The van der Waals surface area contributed by atoms with Crippen molar-refractivity contribution >= 4 is 58.5 Å². The van der Waals surface area contributed by atoms with Gasteiger partial charge in [0.2, 0.25) is 0 Å². The highest BCUT2D eigenvalue weighted by Gasteiger charge is 2.32. The topological polar surface area (TPSA) is 107 Å². The molecule has 1 aliphatic heterocycles. The number of carbonyl (C=O) groups is 4. The zero-order chi connectivity index (χ0) is 29.7. The maximum atomic E-state index is 13.3. The number of benzene rings is 3. The van der Waals surface area contributed by atoms with Crippen LogP contribution in [0, 0.1) is 5.92 Å². The van der Waals surface area contributed by atoms with Gasteiger partial charge in [-0.15, -0.1) is 0 Å². The fraction of sp³-hybridized carbons (Fsp3) is 0.267. The van der Waals surface area contributed by atoms with Gasteiger partial charge in [-0.2, -0.15) is 0 Å². The van der Waals surface area contributed by atoms with Crippen LogP contribution in [0.5, 0.6) is 0 Å². The average molecular weight is 617 g/mol. The first-order valence-corrected chi connectivity index (χ1v) is 14.0. The molecule has 0 unspecified atom stereocenters. The summed E-state index contributed by atoms with van der Waals surface area (Å²) in [6, 6.07) is 17.5. The Kier molecular flexibility index (Phi) is 9.91. The van der Waals surface area contributed by atoms with E-state index >= 15 is 0 Å². The summed E-state index contributed by atoms with van der Waals surface area (Å²) in [5.41, 5.74) is 2.55. The Bertz CT molecular complexity index is 1480. The summed E-state index contributed by atoms with van der Waals surface area (Å²) in [5.74, 6) is -3.33. The SMILES string of the molecule is CN(Cc1ccccc1)C(=O)NC[C@H](CC(=O)c1c(Cl)cc2c(c1Cl)CCN(Cc1cccc(Cl)c1)C2=O)C(=O)O. The molecule has 214 valence electrons. The molecule has 3 aromatic rings. The number of halogens is 3. The number of nitrogens with zero attached hydrogens (tertiary/aromatic N) is 2. The standard InChI is InChI=1S/C30H28Cl3N3O5/c1-35(16-18-6-3-2-4-7-18)30(41)34-15-20(29(39)40)13-25(37)26-24(32)14-23-22(27(26)33)10-11-36(28(23)38)17-19-8-5-9-21(31)12-19/h2-9,12,14,20H,10-11,13,15-17H2,1H3,(H,34,41)(H,39,40)/t20-/m0/s1. The van der Waals surface area contributed by atoms with E-state index in [-0.39, 0.29) is 28.1 Å². The maximum Gasteiger partial charge on any atom is 0.317 e. The van der Waals surface area contributed by atoms with Crippen LogP contribution in [0.2, 0.25) is 15.1 Å². The second-order valence-electron chi connectivity index (χ2n) is 9.87. The summed E-state index contributed by atoms with van der Waals surface area (Å²) in [6.07, 6.45) is -0.0465. The van der Waals surface area contributed by atoms with E-state index < -0.39 is 30.1 Å². The predicted molar refractivity (Wildman–Crippen MR) is 158 cm³/mol. The largest absolute Gasteiger partial charge is 0.481 e. The molecule has 1 heterocycles. The van der Waals surface area contributed by atoms with E-state index in [0.29, 0.717) is 42.2 Å². The van der Waals surface area contributed by atoms with Crippen LogP contribution >= 0.6 is 34.8 Å². The highest BCUT2D eigenvalue weighted by molar-refractivity contribution is 6.41. The van der Waals surface area contributed by atoms with Crippen molar-refractivity contribution in [2.75, 3.05) is 20.1 Å². The van der Waals surface area contributed by atoms with Crippen LogP contribution in [0.3, 0.4) is 0 Å². The monoisotopic (exact) mass is 615 g/mol. The molecule has 0 bridgehead atoms. The van der Waals surface area contributed by atoms with E-state index in [4.69, 9.17) is 34.8 Å². The van der Waals surface area contributed by atoms with E-state index in [9.17, 15) is 24.3 Å². The Balaban J connectivity index is 1.44. The fourth-order valence-corrected chi connectivity index (χ4v) is 5.70. The zero-order valence-electron chi connectivity index (χ0n) is 22.2. The molecule has 41 heavy (non-hydrogen) atoms. The molecule has 0 aromatic heterocycles. The number of hydrogen-bond donors (Lipinski definition) is 2. The minimum absolute atomic E-state index is 0.0260. The molecule has 0 fully saturated rings. The molecule has 0 saturated carbocycles. The number of Topliss-reactive ketones (excluding diaryl/α,β-unsaturated/α-hetero) is 1. The third-order valence-corrected chi connectivity index (χ3v) is 7.85. The van der Waals surface area contributed by atoms with Gasteiger partial charge in [0.25, 0.3) is 5.91 Å². The molecule has 0 aliphatic carbocycles. The van der Waals surface area contributed by atoms with E-state index in [1.165, 1.54) is 11.0 Å². The second kappa shape index (κ2) is 13.4. The Morgan fingerprint density at radius 3 is 2.41 bits per heavy atom. The molecule has 2 N–H and O–H groups in total. The number of aliphatic carboxylic acids is 1. The number of carboxylic acid groups (broad SMARTS) is 1. The molecule has 3 amide bonds. The van der Waals surface area contributed by atoms with Gasteiger partial charge < -0.3 is 20.2 Å². The maximum absolute atomic E-state index is 13.3. The molecule has 0 spiro atoms. The van der Waals surface area contributed by atoms with Crippen molar-refractivity contribution in [1.29, 1.82) is 0 Å². The van der Waals surface area contributed by atoms with Crippen molar-refractivity contribution in [2.45, 2.75) is 25.9 Å². The lowest BCUT2D eigenvalue weighted by Crippen LogP contribution is -2.41. The first-order valence-electron chi connectivity index (χ1n) is 12.9. The number of ketones is 1. The second-order valence-corrected chi connectivity index (χ2v) is 11.1. The number of carboxylic acids is 1. The fourth-order valence-electron chi connectivity index (χ4n) is 4.72. The number of carbonyl (C=O) groups excluding carboxylic acids is 3. The molecule has 3 aromatic carbocycles. The Hall–Kier alpha value is -3.59. The molecule has 1 atom stereocenters. The van der Waals surface area contributed by atoms with Crippen LogP contribution in [-0.4, -0.2) is 58.7 Å². The normalized spacial score (nSPS) is 13.4. The molecular weight excluding hydrogens is 589 g/mol. The summed E-state index contributed by atoms with van der Waals surface area (Å²) in [5, 5.41) is 12.9. The molecule has 4 rings (SSSR count). The molecule has 11 heteroatoms. The summed E-state index contributed by atoms with van der Waals surface area (Å²) in [6.45, 7) is 0.782. The summed E-state index contributed by atoms with van der Waals surface area (Å²) >= 11 is 19.1. The van der Waals surface area contributed by atoms with Crippen molar-refractivity contribution in [2.24, 2.45) is 5.92 Å². The van der Waals surface area contributed by atoms with Gasteiger partial charge in [0.05, 0.1) is 21.5 Å². The lowest BCUT2D eigenvalue weighted by Gasteiger charge is -2.30. The van der Waals surface area contributed by atoms with Crippen LogP contribution in [0.25, 0.3) is 0 Å². The van der Waals surface area contributed by atoms with Crippen LogP contribution in [0.1, 0.15) is 43.8 Å². The molecule has 0 radical (unpaired) electrons. The van der Waals surface area contributed by atoms with Gasteiger partial charge >= 0.3 is 12.0 Å². The first-order chi connectivity index (χ1) is 19.5. The number of nitrogens with one attached hydrogen (secondary N) is 1. The third-order valence-electron chi connectivity index (χ3n) is 6.90. The van der Waals surface area contributed by atoms with Gasteiger partial charge in [-0.05, 0) is 41.3 Å². The lowest BCUT2D eigenvalue weighted by atomic mass is 9.92. The number of amides is 3. The van der Waals surface area contributed by atoms with Gasteiger partial charge in [0, 0.05) is 50.2 Å². The number of rotatable bonds is 10. The highest BCUT2D eigenvalue weighted by Crippen LogP contribution is 2.36. The first kappa shape index (κ1) is 30.4. The Morgan fingerprint density at radius 1 is 1.02 bits per heavy atom. The van der Waals surface area contributed by atoms with Gasteiger partial charge in [-0.1, -0.05) is 77.3 Å². The molecule has 8 nitrogen and oxygen atoms in total. The van der Waals surface area contributed by atoms with Gasteiger partial charge in [0.15, 0.2) is 5.78 Å². The third kappa shape index (κ3) is 7.38. The van der Waals surface area contributed by atoms with E-state index in [1.54, 1.807) is 24.1 Å². The van der Waals surface area contributed by atoms with E-state index in [1.807, 2.05) is 42.5 Å². The minimum Gasteiger partial charge on any atom is -0.481 e. The number of hydrogen-bond acceptors (Lipinski definition) is 4. The number of fused-ring (bicyclic) bond motifs is 1. The summed E-state index contributed by atoms with van der Waals surface area (Å²) < 4.78 is 0. The smallest absolute Gasteiger partial charge is 0.317 e. The van der Waals surface area contributed by atoms with Crippen molar-refractivity contribution in [3.05, 3.63) is 104 Å². The Labute approximate surface area is 252 Å². The average Bonchev–Trinajstić information content (AvgIpc) is 2.93. The van der Waals surface area contributed by atoms with Gasteiger partial charge in [0.1, 0.15) is 0 Å². The van der Waals surface area contributed by atoms with Crippen molar-refractivity contribution < 1.29 is 24.3 Å². The zero-order valence-corrected chi connectivity index (χ0v) is 24.5. The number of urea groups is 1. The molecular formula is C30H28Cl3N3O5. The van der Waals surface area contributed by atoms with Crippen LogP contribution < -0.4 is 5.32 Å². The van der Waals surface area contributed by atoms with E-state index in [0.717, 1.165) is 11.1 Å². The van der Waals surface area contributed by atoms with Crippen LogP contribution in [0.4, 0.5) is 4.79 Å². The van der Waals surface area contributed by atoms with Crippen LogP contribution in [0.15, 0.2) is 60.7 Å². The van der Waals surface area contributed by atoms with E-state index in [2.05, 4.69) is 5.32 Å². The van der Waals surface area contributed by atoms with Crippen molar-refractivity contribution in [1.82, 2.24) is 15.1 Å².